The first-order valence-electron chi connectivity index (χ1n) is 15.7. The van der Waals surface area contributed by atoms with Gasteiger partial charge in [0.05, 0.1) is 6.61 Å². The Morgan fingerprint density at radius 2 is 1.70 bits per heavy atom. The number of ether oxygens (including phenoxy) is 1. The van der Waals surface area contributed by atoms with Gasteiger partial charge in [0.25, 0.3) is 0 Å². The summed E-state index contributed by atoms with van der Waals surface area (Å²) in [6.07, 6.45) is 15.5. The van der Waals surface area contributed by atoms with Crippen LogP contribution in [-0.2, 0) is 17.8 Å². The van der Waals surface area contributed by atoms with Crippen molar-refractivity contribution in [2.75, 3.05) is 19.7 Å². The predicted molar refractivity (Wildman–Crippen MR) is 159 cm³/mol. The second-order valence-corrected chi connectivity index (χ2v) is 12.0. The molecular weight excluding hydrogens is 503 g/mol. The Hall–Kier alpha value is -2.44. The normalized spacial score (nSPS) is 20.6. The lowest BCUT2D eigenvalue weighted by Gasteiger charge is -2.33. The van der Waals surface area contributed by atoms with Crippen LogP contribution in [0.5, 0.6) is 5.75 Å². The molecule has 2 aromatic rings. The van der Waals surface area contributed by atoms with E-state index in [9.17, 15) is 14.3 Å². The van der Waals surface area contributed by atoms with E-state index in [0.29, 0.717) is 31.5 Å². The zero-order valence-electron chi connectivity index (χ0n) is 24.1. The standard InChI is InChI=1S/C34H49FN2O3/c35-31-18-19-33(40-25-27-14-5-2-6-15-27)30(22-31)21-28-16-7-8-17-29(28)23-37-32(24-38)34(39)36-20-10-9-13-26-11-3-1-4-12-26/h2,5-6,14-15,18-19,22,26,28-29,32,37-38H,1,3-4,7-13,16-17,20-21,23-25H2,(H,36,39). The molecule has 40 heavy (non-hydrogen) atoms. The third kappa shape index (κ3) is 9.88. The van der Waals surface area contributed by atoms with Crippen LogP contribution in [0.15, 0.2) is 48.5 Å². The number of carbonyl (C=O) groups excluding carboxylic acids is 1. The van der Waals surface area contributed by atoms with Crippen LogP contribution >= 0.6 is 0 Å². The summed E-state index contributed by atoms with van der Waals surface area (Å²) in [7, 11) is 0. The molecule has 220 valence electrons. The fourth-order valence-corrected chi connectivity index (χ4v) is 6.59. The molecule has 0 radical (unpaired) electrons. The van der Waals surface area contributed by atoms with Gasteiger partial charge in [-0.3, -0.25) is 4.79 Å². The summed E-state index contributed by atoms with van der Waals surface area (Å²) in [5.74, 6) is 1.97. The van der Waals surface area contributed by atoms with Crippen LogP contribution in [0.1, 0.15) is 88.2 Å². The molecular formula is C34H49FN2O3. The first kappa shape index (κ1) is 30.5. The highest BCUT2D eigenvalue weighted by Crippen LogP contribution is 2.35. The molecule has 2 saturated carbocycles. The van der Waals surface area contributed by atoms with Gasteiger partial charge in [0.15, 0.2) is 0 Å². The number of halogens is 1. The highest BCUT2D eigenvalue weighted by molar-refractivity contribution is 5.81. The number of aliphatic hydroxyl groups excluding tert-OH is 1. The van der Waals surface area contributed by atoms with Crippen molar-refractivity contribution >= 4 is 5.91 Å². The minimum Gasteiger partial charge on any atom is -0.489 e. The molecule has 0 heterocycles. The molecule has 0 spiro atoms. The molecule has 6 heteroatoms. The van der Waals surface area contributed by atoms with E-state index in [-0.39, 0.29) is 18.3 Å². The Bertz CT molecular complexity index is 1010. The molecule has 0 bridgehead atoms. The molecule has 3 atom stereocenters. The lowest BCUT2D eigenvalue weighted by molar-refractivity contribution is -0.124. The lowest BCUT2D eigenvalue weighted by Crippen LogP contribution is -2.49. The quantitative estimate of drug-likeness (QED) is 0.219. The third-order valence-corrected chi connectivity index (χ3v) is 9.00. The van der Waals surface area contributed by atoms with Gasteiger partial charge < -0.3 is 20.5 Å². The fraction of sp³-hybridized carbons (Fsp3) is 0.618. The number of unbranched alkanes of at least 4 members (excludes halogenated alkanes) is 1. The monoisotopic (exact) mass is 552 g/mol. The second-order valence-electron chi connectivity index (χ2n) is 12.0. The summed E-state index contributed by atoms with van der Waals surface area (Å²) in [4.78, 5) is 12.8. The van der Waals surface area contributed by atoms with Crippen LogP contribution in [-0.4, -0.2) is 36.8 Å². The van der Waals surface area contributed by atoms with Crippen LogP contribution in [0.25, 0.3) is 0 Å². The number of rotatable bonds is 15. The summed E-state index contributed by atoms with van der Waals surface area (Å²) in [5, 5.41) is 16.3. The molecule has 3 N–H and O–H groups in total. The zero-order valence-corrected chi connectivity index (χ0v) is 24.1. The van der Waals surface area contributed by atoms with Gasteiger partial charge >= 0.3 is 0 Å². The minimum absolute atomic E-state index is 0.116. The molecule has 4 rings (SSSR count). The largest absolute Gasteiger partial charge is 0.489 e. The Kier molecular flexibility index (Phi) is 12.8. The lowest BCUT2D eigenvalue weighted by atomic mass is 9.76. The van der Waals surface area contributed by atoms with Gasteiger partial charge in [-0.15, -0.1) is 0 Å². The smallest absolute Gasteiger partial charge is 0.239 e. The highest BCUT2D eigenvalue weighted by atomic mass is 19.1. The van der Waals surface area contributed by atoms with Crippen molar-refractivity contribution in [3.05, 3.63) is 65.5 Å². The van der Waals surface area contributed by atoms with Crippen LogP contribution in [0.2, 0.25) is 0 Å². The number of amides is 1. The number of benzene rings is 2. The summed E-state index contributed by atoms with van der Waals surface area (Å²) in [6, 6.07) is 14.2. The van der Waals surface area contributed by atoms with E-state index < -0.39 is 6.04 Å². The van der Waals surface area contributed by atoms with E-state index in [1.54, 1.807) is 12.1 Å². The number of aliphatic hydroxyl groups is 1. The van der Waals surface area contributed by atoms with E-state index in [2.05, 4.69) is 10.6 Å². The Morgan fingerprint density at radius 1 is 0.950 bits per heavy atom. The third-order valence-electron chi connectivity index (χ3n) is 9.00. The predicted octanol–water partition coefficient (Wildman–Crippen LogP) is 6.57. The maximum absolute atomic E-state index is 14.3. The topological polar surface area (TPSA) is 70.6 Å². The van der Waals surface area contributed by atoms with Crippen molar-refractivity contribution in [3.63, 3.8) is 0 Å². The highest BCUT2D eigenvalue weighted by Gasteiger charge is 2.28. The molecule has 2 aliphatic carbocycles. The molecule has 1 amide bonds. The maximum Gasteiger partial charge on any atom is 0.239 e. The first-order valence-corrected chi connectivity index (χ1v) is 15.7. The van der Waals surface area contributed by atoms with Gasteiger partial charge in [0, 0.05) is 6.54 Å². The van der Waals surface area contributed by atoms with Gasteiger partial charge in [0.2, 0.25) is 5.91 Å². The van der Waals surface area contributed by atoms with Crippen LogP contribution in [0, 0.1) is 23.6 Å². The van der Waals surface area contributed by atoms with E-state index in [4.69, 9.17) is 4.74 Å². The molecule has 5 nitrogen and oxygen atoms in total. The molecule has 0 saturated heterocycles. The summed E-state index contributed by atoms with van der Waals surface area (Å²) < 4.78 is 20.4. The molecule has 0 aromatic heterocycles. The first-order chi connectivity index (χ1) is 19.6. The van der Waals surface area contributed by atoms with Crippen LogP contribution < -0.4 is 15.4 Å². The van der Waals surface area contributed by atoms with E-state index in [0.717, 1.165) is 67.7 Å². The second kappa shape index (κ2) is 16.7. The molecule has 3 unspecified atom stereocenters. The van der Waals surface area contributed by atoms with Crippen molar-refractivity contribution in [1.82, 2.24) is 10.6 Å². The summed E-state index contributed by atoms with van der Waals surface area (Å²) in [6.45, 7) is 1.57. The molecule has 2 aromatic carbocycles. The SMILES string of the molecule is O=C(NCCCCC1CCCCC1)C(CO)NCC1CCCCC1Cc1cc(F)ccc1OCc1ccccc1. The number of nitrogens with one attached hydrogen (secondary N) is 2. The van der Waals surface area contributed by atoms with Crippen molar-refractivity contribution < 1.29 is 19.0 Å². The maximum atomic E-state index is 14.3. The van der Waals surface area contributed by atoms with Gasteiger partial charge in [0.1, 0.15) is 24.2 Å². The molecule has 2 fully saturated rings. The van der Waals surface area contributed by atoms with E-state index in [1.165, 1.54) is 44.6 Å². The van der Waals surface area contributed by atoms with Crippen molar-refractivity contribution in [2.45, 2.75) is 96.1 Å². The summed E-state index contributed by atoms with van der Waals surface area (Å²) in [5.41, 5.74) is 1.98. The molecule has 0 aliphatic heterocycles. The summed E-state index contributed by atoms with van der Waals surface area (Å²) >= 11 is 0. The van der Waals surface area contributed by atoms with E-state index in [1.807, 2.05) is 30.3 Å². The zero-order chi connectivity index (χ0) is 28.0. The van der Waals surface area contributed by atoms with Crippen LogP contribution in [0.4, 0.5) is 4.39 Å². The van der Waals surface area contributed by atoms with Crippen molar-refractivity contribution in [1.29, 1.82) is 0 Å². The van der Waals surface area contributed by atoms with E-state index >= 15 is 0 Å². The number of carbonyl (C=O) groups is 1. The van der Waals surface area contributed by atoms with Crippen molar-refractivity contribution in [2.24, 2.45) is 17.8 Å². The molecule has 2 aliphatic rings. The number of hydrogen-bond donors (Lipinski definition) is 3. The minimum atomic E-state index is -0.597. The average Bonchev–Trinajstić information content (AvgIpc) is 2.99. The Labute approximate surface area is 240 Å². The van der Waals surface area contributed by atoms with Crippen molar-refractivity contribution in [3.8, 4) is 5.75 Å². The number of hydrogen-bond acceptors (Lipinski definition) is 4. The van der Waals surface area contributed by atoms with Gasteiger partial charge in [-0.25, -0.2) is 4.39 Å². The van der Waals surface area contributed by atoms with Gasteiger partial charge in [-0.1, -0.05) is 88.1 Å². The fourth-order valence-electron chi connectivity index (χ4n) is 6.59. The van der Waals surface area contributed by atoms with Gasteiger partial charge in [-0.05, 0) is 79.3 Å². The average molecular weight is 553 g/mol. The van der Waals surface area contributed by atoms with Crippen LogP contribution in [0.3, 0.4) is 0 Å². The Balaban J connectivity index is 1.24. The van der Waals surface area contributed by atoms with Gasteiger partial charge in [-0.2, -0.15) is 0 Å². The Morgan fingerprint density at radius 3 is 2.48 bits per heavy atom.